The first-order valence-corrected chi connectivity index (χ1v) is 7.20. The van der Waals surface area contributed by atoms with Gasteiger partial charge in [-0.1, -0.05) is 20.8 Å². The highest BCUT2D eigenvalue weighted by molar-refractivity contribution is 5.72. The maximum Gasteiger partial charge on any atom is 0.216 e. The quantitative estimate of drug-likeness (QED) is 0.765. The van der Waals surface area contributed by atoms with Gasteiger partial charge in [0.25, 0.3) is 0 Å². The number of nitrogens with one attached hydrogen (secondary N) is 2. The third-order valence-electron chi connectivity index (χ3n) is 4.46. The monoisotopic (exact) mass is 254 g/mol. The molecule has 1 amide bonds. The second-order valence-electron chi connectivity index (χ2n) is 7.07. The summed E-state index contributed by atoms with van der Waals surface area (Å²) >= 11 is 0. The molecule has 0 radical (unpaired) electrons. The van der Waals surface area contributed by atoms with Crippen LogP contribution in [0, 0.1) is 5.41 Å². The Balaban J connectivity index is 2.56. The second kappa shape index (κ2) is 5.20. The first kappa shape index (κ1) is 15.5. The highest BCUT2D eigenvalue weighted by atomic mass is 16.1. The highest BCUT2D eigenvalue weighted by Gasteiger charge is 2.51. The highest BCUT2D eigenvalue weighted by Crippen LogP contribution is 2.50. The Hall–Kier alpha value is -0.570. The van der Waals surface area contributed by atoms with Gasteiger partial charge in [-0.15, -0.1) is 0 Å². The molecule has 0 aromatic carbocycles. The van der Waals surface area contributed by atoms with Crippen molar-refractivity contribution in [2.24, 2.45) is 5.41 Å². The summed E-state index contributed by atoms with van der Waals surface area (Å²) in [4.78, 5) is 11.0. The molecule has 18 heavy (non-hydrogen) atoms. The Morgan fingerprint density at radius 3 is 2.22 bits per heavy atom. The normalized spacial score (nSPS) is 31.9. The summed E-state index contributed by atoms with van der Waals surface area (Å²) in [6.45, 7) is 13.7. The maximum atomic E-state index is 11.0. The summed E-state index contributed by atoms with van der Waals surface area (Å²) in [6.07, 6.45) is 4.60. The maximum absolute atomic E-state index is 11.0. The molecule has 0 aromatic heterocycles. The molecule has 0 unspecified atom stereocenters. The van der Waals surface area contributed by atoms with Gasteiger partial charge in [-0.3, -0.25) is 4.79 Å². The van der Waals surface area contributed by atoms with Crippen LogP contribution >= 0.6 is 0 Å². The lowest BCUT2D eigenvalue weighted by atomic mass is 9.56. The molecule has 0 aromatic rings. The third-order valence-corrected chi connectivity index (χ3v) is 4.46. The van der Waals surface area contributed by atoms with Crippen LogP contribution < -0.4 is 10.6 Å². The lowest BCUT2D eigenvalue weighted by molar-refractivity contribution is -0.120. The Morgan fingerprint density at radius 1 is 1.28 bits per heavy atom. The van der Waals surface area contributed by atoms with Crippen LogP contribution in [-0.4, -0.2) is 23.5 Å². The van der Waals surface area contributed by atoms with Gasteiger partial charge in [0.05, 0.1) is 0 Å². The van der Waals surface area contributed by atoms with Gasteiger partial charge in [0.15, 0.2) is 0 Å². The summed E-state index contributed by atoms with van der Waals surface area (Å²) in [5.41, 5.74) is 0.733. The first-order valence-electron chi connectivity index (χ1n) is 7.20. The van der Waals surface area contributed by atoms with Crippen molar-refractivity contribution in [3.8, 4) is 0 Å². The molecule has 1 aliphatic rings. The van der Waals surface area contributed by atoms with Crippen LogP contribution in [0.25, 0.3) is 0 Å². The minimum atomic E-state index is 0.0760. The van der Waals surface area contributed by atoms with E-state index >= 15 is 0 Å². The van der Waals surface area contributed by atoms with E-state index in [-0.39, 0.29) is 22.4 Å². The van der Waals surface area contributed by atoms with Crippen LogP contribution in [0.1, 0.15) is 67.2 Å². The lowest BCUT2D eigenvalue weighted by Gasteiger charge is -2.58. The predicted molar refractivity (Wildman–Crippen MR) is 76.6 cm³/mol. The van der Waals surface area contributed by atoms with Crippen molar-refractivity contribution in [2.45, 2.75) is 78.3 Å². The van der Waals surface area contributed by atoms with E-state index in [1.807, 2.05) is 0 Å². The summed E-state index contributed by atoms with van der Waals surface area (Å²) in [7, 11) is 0. The fourth-order valence-corrected chi connectivity index (χ4v) is 3.28. The van der Waals surface area contributed by atoms with Crippen molar-refractivity contribution in [1.82, 2.24) is 10.6 Å². The molecular formula is C15H30N2O. The summed E-state index contributed by atoms with van der Waals surface area (Å²) in [5.74, 6) is 0.0760. The Morgan fingerprint density at radius 2 is 1.83 bits per heavy atom. The van der Waals surface area contributed by atoms with Crippen LogP contribution in [0.5, 0.6) is 0 Å². The van der Waals surface area contributed by atoms with Crippen LogP contribution in [0.15, 0.2) is 0 Å². The van der Waals surface area contributed by atoms with E-state index in [2.05, 4.69) is 45.3 Å². The summed E-state index contributed by atoms with van der Waals surface area (Å²) in [6, 6.07) is 0. The number of hydrogen-bond donors (Lipinski definition) is 2. The largest absolute Gasteiger partial charge is 0.356 e. The second-order valence-corrected chi connectivity index (χ2v) is 7.07. The van der Waals surface area contributed by atoms with Crippen molar-refractivity contribution in [3.05, 3.63) is 0 Å². The zero-order chi connectivity index (χ0) is 14.0. The van der Waals surface area contributed by atoms with Crippen molar-refractivity contribution in [1.29, 1.82) is 0 Å². The molecule has 1 saturated carbocycles. The van der Waals surface area contributed by atoms with Gasteiger partial charge in [0.2, 0.25) is 5.91 Å². The molecule has 106 valence electrons. The van der Waals surface area contributed by atoms with Crippen LogP contribution in [0.3, 0.4) is 0 Å². The Labute approximate surface area is 112 Å². The SMILES string of the molecule is CCC(C)(C)NC1(CC)CC(C)(CNC(C)=O)C1. The van der Waals surface area contributed by atoms with Crippen molar-refractivity contribution >= 4 is 5.91 Å². The number of amides is 1. The van der Waals surface area contributed by atoms with Gasteiger partial charge in [0.1, 0.15) is 0 Å². The molecule has 0 spiro atoms. The van der Waals surface area contributed by atoms with E-state index in [9.17, 15) is 4.79 Å². The standard InChI is InChI=1S/C15H30N2O/c1-7-13(4,5)17-15(8-2)9-14(6,10-15)11-16-12(3)18/h17H,7-11H2,1-6H3,(H,16,18). The molecule has 0 saturated heterocycles. The number of carbonyl (C=O) groups excluding carboxylic acids is 1. The van der Waals surface area contributed by atoms with Crippen molar-refractivity contribution < 1.29 is 4.79 Å². The fraction of sp³-hybridized carbons (Fsp3) is 0.933. The van der Waals surface area contributed by atoms with Gasteiger partial charge < -0.3 is 10.6 Å². The molecule has 2 N–H and O–H groups in total. The van der Waals surface area contributed by atoms with Gasteiger partial charge in [-0.2, -0.15) is 0 Å². The lowest BCUT2D eigenvalue weighted by Crippen LogP contribution is -2.66. The van der Waals surface area contributed by atoms with E-state index in [1.54, 1.807) is 6.92 Å². The Kier molecular flexibility index (Phi) is 4.47. The molecule has 0 atom stereocenters. The summed E-state index contributed by atoms with van der Waals surface area (Å²) in [5, 5.41) is 6.80. The van der Waals surface area contributed by atoms with Gasteiger partial charge in [-0.05, 0) is 44.9 Å². The minimum Gasteiger partial charge on any atom is -0.356 e. The number of carbonyl (C=O) groups is 1. The molecular weight excluding hydrogens is 224 g/mol. The predicted octanol–water partition coefficient (Wildman–Crippen LogP) is 2.85. The van der Waals surface area contributed by atoms with E-state index < -0.39 is 0 Å². The molecule has 1 fully saturated rings. The van der Waals surface area contributed by atoms with Gasteiger partial charge >= 0.3 is 0 Å². The van der Waals surface area contributed by atoms with Crippen molar-refractivity contribution in [3.63, 3.8) is 0 Å². The molecule has 3 heteroatoms. The van der Waals surface area contributed by atoms with Crippen LogP contribution in [0.4, 0.5) is 0 Å². The van der Waals surface area contributed by atoms with E-state index in [0.29, 0.717) is 0 Å². The molecule has 0 bridgehead atoms. The van der Waals surface area contributed by atoms with E-state index in [0.717, 1.165) is 32.2 Å². The number of rotatable bonds is 6. The smallest absolute Gasteiger partial charge is 0.216 e. The molecule has 0 aliphatic heterocycles. The average Bonchev–Trinajstić information content (AvgIpc) is 2.23. The van der Waals surface area contributed by atoms with E-state index in [1.165, 1.54) is 0 Å². The fourth-order valence-electron chi connectivity index (χ4n) is 3.28. The number of hydrogen-bond acceptors (Lipinski definition) is 2. The molecule has 1 aliphatic carbocycles. The van der Waals surface area contributed by atoms with Crippen LogP contribution in [-0.2, 0) is 4.79 Å². The molecule has 0 heterocycles. The third kappa shape index (κ3) is 3.71. The van der Waals surface area contributed by atoms with Gasteiger partial charge in [0, 0.05) is 24.5 Å². The zero-order valence-electron chi connectivity index (χ0n) is 12.9. The van der Waals surface area contributed by atoms with Crippen LogP contribution in [0.2, 0.25) is 0 Å². The minimum absolute atomic E-state index is 0.0760. The van der Waals surface area contributed by atoms with Gasteiger partial charge in [-0.25, -0.2) is 0 Å². The molecule has 3 nitrogen and oxygen atoms in total. The Bertz CT molecular complexity index is 304. The first-order chi connectivity index (χ1) is 8.16. The average molecular weight is 254 g/mol. The topological polar surface area (TPSA) is 41.1 Å². The zero-order valence-corrected chi connectivity index (χ0v) is 12.9. The summed E-state index contributed by atoms with van der Waals surface area (Å²) < 4.78 is 0. The van der Waals surface area contributed by atoms with E-state index in [4.69, 9.17) is 0 Å². The molecule has 1 rings (SSSR count). The van der Waals surface area contributed by atoms with Crippen molar-refractivity contribution in [2.75, 3.05) is 6.54 Å².